The summed E-state index contributed by atoms with van der Waals surface area (Å²) in [5.41, 5.74) is 1.07. The molecule has 0 aromatic heterocycles. The number of hydrogen-bond donors (Lipinski definition) is 2. The minimum atomic E-state index is -0.837. The van der Waals surface area contributed by atoms with Gasteiger partial charge in [0, 0.05) is 13.1 Å². The molecular formula is C27H45N3O4. The van der Waals surface area contributed by atoms with Crippen LogP contribution in [0.25, 0.3) is 0 Å². The van der Waals surface area contributed by atoms with E-state index in [2.05, 4.69) is 24.5 Å². The molecule has 2 N–H and O–H groups in total. The van der Waals surface area contributed by atoms with Crippen LogP contribution >= 0.6 is 0 Å². The number of hydrogen-bond acceptors (Lipinski definition) is 4. The van der Waals surface area contributed by atoms with Crippen molar-refractivity contribution in [3.8, 4) is 0 Å². The van der Waals surface area contributed by atoms with Crippen LogP contribution in [0.1, 0.15) is 97.2 Å². The molecule has 1 aromatic rings. The van der Waals surface area contributed by atoms with E-state index in [4.69, 9.17) is 4.74 Å². The standard InChI is InChI=1S/C27H45N3O4/c1-8-10-12-15-19-30(25(32)21(4)29-26(33)34-27(5,6)7)23(24(31)28-18-11-9-2)22-17-14-13-16-20(22)3/h13-14,16-17,21,23H,8-12,15,18-19H2,1-7H3,(H,28,31)(H,29,33). The van der Waals surface area contributed by atoms with Gasteiger partial charge in [-0.1, -0.05) is 63.8 Å². The SMILES string of the molecule is CCCCCCN(C(=O)C(C)NC(=O)OC(C)(C)C)C(C(=O)NCCCC)c1ccccc1C. The van der Waals surface area contributed by atoms with Crippen molar-refractivity contribution in [3.05, 3.63) is 35.4 Å². The minimum absolute atomic E-state index is 0.198. The Kier molecular flexibility index (Phi) is 12.7. The number of amides is 3. The Morgan fingerprint density at radius 2 is 1.65 bits per heavy atom. The van der Waals surface area contributed by atoms with Gasteiger partial charge in [0.15, 0.2) is 0 Å². The Hall–Kier alpha value is -2.57. The highest BCUT2D eigenvalue weighted by atomic mass is 16.6. The summed E-state index contributed by atoms with van der Waals surface area (Å²) in [6, 6.07) is 6.05. The minimum Gasteiger partial charge on any atom is -0.444 e. The first-order chi connectivity index (χ1) is 16.0. The Bertz CT molecular complexity index is 788. The fourth-order valence-electron chi connectivity index (χ4n) is 3.70. The molecule has 2 unspecified atom stereocenters. The summed E-state index contributed by atoms with van der Waals surface area (Å²) in [6.45, 7) is 14.1. The molecule has 0 radical (unpaired) electrons. The highest BCUT2D eigenvalue weighted by Gasteiger charge is 2.35. The number of nitrogens with zero attached hydrogens (tertiary/aromatic N) is 1. The van der Waals surface area contributed by atoms with Crippen LogP contribution in [0.15, 0.2) is 24.3 Å². The molecule has 0 aliphatic heterocycles. The van der Waals surface area contributed by atoms with E-state index in [9.17, 15) is 14.4 Å². The molecule has 0 fully saturated rings. The maximum absolute atomic E-state index is 13.6. The quantitative estimate of drug-likeness (QED) is 0.380. The first-order valence-electron chi connectivity index (χ1n) is 12.6. The molecule has 0 bridgehead atoms. The zero-order valence-electron chi connectivity index (χ0n) is 22.2. The second-order valence-corrected chi connectivity index (χ2v) is 9.86. The Labute approximate surface area is 206 Å². The molecule has 34 heavy (non-hydrogen) atoms. The molecule has 7 heteroatoms. The molecule has 0 aliphatic rings. The molecule has 0 saturated heterocycles. The van der Waals surface area contributed by atoms with E-state index in [0.29, 0.717) is 13.1 Å². The third kappa shape index (κ3) is 10.1. The van der Waals surface area contributed by atoms with Crippen LogP contribution in [0.3, 0.4) is 0 Å². The number of benzene rings is 1. The van der Waals surface area contributed by atoms with E-state index in [-0.39, 0.29) is 11.8 Å². The molecule has 7 nitrogen and oxygen atoms in total. The number of carbonyl (C=O) groups excluding carboxylic acids is 3. The Morgan fingerprint density at radius 1 is 1.00 bits per heavy atom. The second-order valence-electron chi connectivity index (χ2n) is 9.86. The molecular weight excluding hydrogens is 430 g/mol. The highest BCUT2D eigenvalue weighted by molar-refractivity contribution is 5.92. The largest absolute Gasteiger partial charge is 0.444 e. The summed E-state index contributed by atoms with van der Waals surface area (Å²) in [6.07, 6.45) is 5.06. The zero-order chi connectivity index (χ0) is 25.7. The lowest BCUT2D eigenvalue weighted by molar-refractivity contribution is -0.142. The van der Waals surface area contributed by atoms with Crippen molar-refractivity contribution in [1.29, 1.82) is 0 Å². The fourth-order valence-corrected chi connectivity index (χ4v) is 3.70. The van der Waals surface area contributed by atoms with Gasteiger partial charge < -0.3 is 20.3 Å². The highest BCUT2D eigenvalue weighted by Crippen LogP contribution is 2.26. The lowest BCUT2D eigenvalue weighted by Gasteiger charge is -2.34. The smallest absolute Gasteiger partial charge is 0.408 e. The van der Waals surface area contributed by atoms with Crippen molar-refractivity contribution in [2.24, 2.45) is 0 Å². The van der Waals surface area contributed by atoms with Crippen molar-refractivity contribution < 1.29 is 19.1 Å². The number of nitrogens with one attached hydrogen (secondary N) is 2. The summed E-state index contributed by atoms with van der Waals surface area (Å²) in [5, 5.41) is 5.66. The van der Waals surface area contributed by atoms with E-state index in [1.54, 1.807) is 32.6 Å². The summed E-state index contributed by atoms with van der Waals surface area (Å²) >= 11 is 0. The van der Waals surface area contributed by atoms with E-state index >= 15 is 0 Å². The first kappa shape index (κ1) is 29.5. The number of carbonyl (C=O) groups is 3. The second kappa shape index (κ2) is 14.6. The third-order valence-electron chi connectivity index (χ3n) is 5.51. The number of unbranched alkanes of at least 4 members (excludes halogenated alkanes) is 4. The van der Waals surface area contributed by atoms with E-state index in [1.165, 1.54) is 0 Å². The van der Waals surface area contributed by atoms with Gasteiger partial charge >= 0.3 is 6.09 Å². The van der Waals surface area contributed by atoms with Gasteiger partial charge in [-0.05, 0) is 58.6 Å². The molecule has 1 aromatic carbocycles. The van der Waals surface area contributed by atoms with Gasteiger partial charge in [-0.25, -0.2) is 4.79 Å². The Balaban J connectivity index is 3.26. The van der Waals surface area contributed by atoms with Crippen LogP contribution in [0.2, 0.25) is 0 Å². The van der Waals surface area contributed by atoms with Crippen LogP contribution in [0.5, 0.6) is 0 Å². The molecule has 3 amide bonds. The first-order valence-corrected chi connectivity index (χ1v) is 12.6. The molecule has 0 saturated carbocycles. The molecule has 1 rings (SSSR count). The molecule has 2 atom stereocenters. The van der Waals surface area contributed by atoms with E-state index < -0.39 is 23.8 Å². The van der Waals surface area contributed by atoms with Crippen molar-refractivity contribution in [2.45, 2.75) is 105 Å². The number of aryl methyl sites for hydroxylation is 1. The predicted octanol–water partition coefficient (Wildman–Crippen LogP) is 5.27. The number of ether oxygens (including phenoxy) is 1. The van der Waals surface area contributed by atoms with Gasteiger partial charge in [0.2, 0.25) is 11.8 Å². The van der Waals surface area contributed by atoms with Crippen molar-refractivity contribution >= 4 is 17.9 Å². The predicted molar refractivity (Wildman–Crippen MR) is 137 cm³/mol. The average molecular weight is 476 g/mol. The van der Waals surface area contributed by atoms with Gasteiger partial charge in [-0.15, -0.1) is 0 Å². The van der Waals surface area contributed by atoms with Crippen LogP contribution < -0.4 is 10.6 Å². The molecule has 192 valence electrons. The third-order valence-corrected chi connectivity index (χ3v) is 5.51. The van der Waals surface area contributed by atoms with Gasteiger partial charge in [0.05, 0.1) is 0 Å². The summed E-state index contributed by atoms with van der Waals surface area (Å²) in [7, 11) is 0. The van der Waals surface area contributed by atoms with Gasteiger partial charge in [0.1, 0.15) is 17.7 Å². The lowest BCUT2D eigenvalue weighted by atomic mass is 9.97. The number of rotatable bonds is 13. The normalized spacial score (nSPS) is 13.0. The van der Waals surface area contributed by atoms with Crippen molar-refractivity contribution in [2.75, 3.05) is 13.1 Å². The van der Waals surface area contributed by atoms with Crippen LogP contribution in [0.4, 0.5) is 4.79 Å². The maximum atomic E-state index is 13.6. The van der Waals surface area contributed by atoms with Gasteiger partial charge in [0.25, 0.3) is 0 Å². The van der Waals surface area contributed by atoms with E-state index in [1.807, 2.05) is 31.2 Å². The maximum Gasteiger partial charge on any atom is 0.408 e. The Morgan fingerprint density at radius 3 is 2.24 bits per heavy atom. The van der Waals surface area contributed by atoms with Gasteiger partial charge in [-0.3, -0.25) is 9.59 Å². The number of alkyl carbamates (subject to hydrolysis) is 1. The van der Waals surface area contributed by atoms with Crippen LogP contribution in [-0.2, 0) is 14.3 Å². The van der Waals surface area contributed by atoms with Crippen LogP contribution in [-0.4, -0.2) is 47.5 Å². The summed E-state index contributed by atoms with van der Waals surface area (Å²) in [5.74, 6) is -0.502. The average Bonchev–Trinajstić information content (AvgIpc) is 2.75. The lowest BCUT2D eigenvalue weighted by Crippen LogP contribution is -2.52. The zero-order valence-corrected chi connectivity index (χ0v) is 22.2. The van der Waals surface area contributed by atoms with Crippen molar-refractivity contribution in [3.63, 3.8) is 0 Å². The van der Waals surface area contributed by atoms with E-state index in [0.717, 1.165) is 49.7 Å². The molecule has 0 heterocycles. The van der Waals surface area contributed by atoms with Gasteiger partial charge in [-0.2, -0.15) is 0 Å². The molecule has 0 spiro atoms. The topological polar surface area (TPSA) is 87.7 Å². The monoisotopic (exact) mass is 475 g/mol. The fraction of sp³-hybridized carbons (Fsp3) is 0.667. The molecule has 0 aliphatic carbocycles. The van der Waals surface area contributed by atoms with Crippen molar-refractivity contribution in [1.82, 2.24) is 15.5 Å². The van der Waals surface area contributed by atoms with Crippen LogP contribution in [0, 0.1) is 6.92 Å². The summed E-state index contributed by atoms with van der Waals surface area (Å²) in [4.78, 5) is 41.0. The summed E-state index contributed by atoms with van der Waals surface area (Å²) < 4.78 is 5.33.